The van der Waals surface area contributed by atoms with Crippen molar-refractivity contribution in [1.29, 1.82) is 0 Å². The highest BCUT2D eigenvalue weighted by Crippen LogP contribution is 2.27. The van der Waals surface area contributed by atoms with Gasteiger partial charge in [0.2, 0.25) is 0 Å². The zero-order valence-electron chi connectivity index (χ0n) is 13.7. The van der Waals surface area contributed by atoms with Gasteiger partial charge in [0.1, 0.15) is 6.10 Å². The second-order valence-electron chi connectivity index (χ2n) is 5.52. The van der Waals surface area contributed by atoms with Gasteiger partial charge < -0.3 is 9.84 Å². The summed E-state index contributed by atoms with van der Waals surface area (Å²) in [6.07, 6.45) is -0.190. The van der Waals surface area contributed by atoms with Crippen LogP contribution in [0, 0.1) is 6.92 Å². The maximum absolute atomic E-state index is 10.9. The lowest BCUT2D eigenvalue weighted by Gasteiger charge is -2.17. The Bertz CT molecular complexity index is 685. The fourth-order valence-electron chi connectivity index (χ4n) is 2.24. The van der Waals surface area contributed by atoms with Crippen LogP contribution in [0.4, 0.5) is 0 Å². The number of aryl methyl sites for hydroxylation is 1. The van der Waals surface area contributed by atoms with Crippen molar-refractivity contribution >= 4 is 17.7 Å². The van der Waals surface area contributed by atoms with E-state index in [0.717, 1.165) is 23.0 Å². The molecule has 1 aromatic heterocycles. The molecule has 23 heavy (non-hydrogen) atoms. The van der Waals surface area contributed by atoms with E-state index in [9.17, 15) is 4.79 Å². The van der Waals surface area contributed by atoms with Crippen molar-refractivity contribution in [1.82, 2.24) is 14.8 Å². The minimum Gasteiger partial charge on any atom is -0.481 e. The fraction of sp³-hybridized carbons (Fsp3) is 0.438. The van der Waals surface area contributed by atoms with Crippen LogP contribution < -0.4 is 0 Å². The van der Waals surface area contributed by atoms with Crippen molar-refractivity contribution in [2.45, 2.75) is 45.1 Å². The van der Waals surface area contributed by atoms with E-state index in [1.54, 1.807) is 0 Å². The average molecular weight is 335 g/mol. The molecule has 0 aliphatic heterocycles. The molecule has 0 fully saturated rings. The average Bonchev–Trinajstić information content (AvgIpc) is 2.88. The van der Waals surface area contributed by atoms with Crippen LogP contribution in [0.15, 0.2) is 29.4 Å². The summed E-state index contributed by atoms with van der Waals surface area (Å²) in [5.74, 6) is -0.289. The number of aromatic nitrogens is 3. The molecular weight excluding hydrogens is 314 g/mol. The number of rotatable bonds is 7. The van der Waals surface area contributed by atoms with E-state index in [-0.39, 0.29) is 18.0 Å². The molecule has 0 bridgehead atoms. The number of hydrogen-bond acceptors (Lipinski definition) is 5. The predicted octanol–water partition coefficient (Wildman–Crippen LogP) is 3.24. The molecule has 0 aliphatic carbocycles. The molecule has 0 spiro atoms. The monoisotopic (exact) mass is 335 g/mol. The molecule has 2 rings (SSSR count). The van der Waals surface area contributed by atoms with Gasteiger partial charge in [-0.15, -0.1) is 10.2 Å². The molecule has 1 aromatic carbocycles. The SMILES string of the molecule is Cc1cccc(-n2c(SCC(=O)O)nnc2C(C)OC(C)C)c1. The van der Waals surface area contributed by atoms with E-state index >= 15 is 0 Å². The smallest absolute Gasteiger partial charge is 0.313 e. The number of carboxylic acid groups (broad SMARTS) is 1. The summed E-state index contributed by atoms with van der Waals surface area (Å²) in [4.78, 5) is 10.9. The number of carboxylic acids is 1. The maximum Gasteiger partial charge on any atom is 0.313 e. The van der Waals surface area contributed by atoms with Crippen LogP contribution in [0.1, 0.15) is 38.3 Å². The zero-order valence-corrected chi connectivity index (χ0v) is 14.5. The molecule has 6 nitrogen and oxygen atoms in total. The summed E-state index contributed by atoms with van der Waals surface area (Å²) in [5.41, 5.74) is 2.01. The van der Waals surface area contributed by atoms with Gasteiger partial charge in [0.25, 0.3) is 0 Å². The number of hydrogen-bond donors (Lipinski definition) is 1. The Hall–Kier alpha value is -1.86. The first-order valence-corrected chi connectivity index (χ1v) is 8.39. The van der Waals surface area contributed by atoms with Crippen LogP contribution in [-0.4, -0.2) is 37.7 Å². The molecule has 1 heterocycles. The molecule has 7 heteroatoms. The third-order valence-corrected chi connectivity index (χ3v) is 4.00. The fourth-order valence-corrected chi connectivity index (χ4v) is 2.92. The van der Waals surface area contributed by atoms with Gasteiger partial charge in [-0.25, -0.2) is 0 Å². The number of aliphatic carboxylic acids is 1. The summed E-state index contributed by atoms with van der Waals surface area (Å²) >= 11 is 1.15. The third-order valence-electron chi connectivity index (χ3n) is 3.08. The van der Waals surface area contributed by atoms with Crippen molar-refractivity contribution in [3.8, 4) is 5.69 Å². The molecule has 1 atom stereocenters. The highest BCUT2D eigenvalue weighted by molar-refractivity contribution is 7.99. The lowest BCUT2D eigenvalue weighted by molar-refractivity contribution is -0.133. The molecule has 0 saturated carbocycles. The Morgan fingerprint density at radius 3 is 2.70 bits per heavy atom. The summed E-state index contributed by atoms with van der Waals surface area (Å²) in [7, 11) is 0. The first kappa shape index (κ1) is 17.5. The summed E-state index contributed by atoms with van der Waals surface area (Å²) in [5, 5.41) is 17.8. The molecule has 0 amide bonds. The van der Waals surface area contributed by atoms with E-state index < -0.39 is 5.97 Å². The maximum atomic E-state index is 10.9. The molecule has 124 valence electrons. The summed E-state index contributed by atoms with van der Waals surface area (Å²) in [6.45, 7) is 7.85. The Morgan fingerprint density at radius 2 is 2.09 bits per heavy atom. The van der Waals surface area contributed by atoms with Gasteiger partial charge in [-0.2, -0.15) is 0 Å². The molecule has 0 aliphatic rings. The molecule has 0 radical (unpaired) electrons. The Balaban J connectivity index is 2.44. The van der Waals surface area contributed by atoms with E-state index in [2.05, 4.69) is 10.2 Å². The van der Waals surface area contributed by atoms with Crippen LogP contribution in [0.5, 0.6) is 0 Å². The summed E-state index contributed by atoms with van der Waals surface area (Å²) in [6, 6.07) is 7.92. The van der Waals surface area contributed by atoms with Gasteiger partial charge in [-0.1, -0.05) is 23.9 Å². The predicted molar refractivity (Wildman–Crippen MR) is 89.1 cm³/mol. The number of carbonyl (C=O) groups is 1. The van der Waals surface area contributed by atoms with Crippen molar-refractivity contribution in [2.75, 3.05) is 5.75 Å². The third kappa shape index (κ3) is 4.56. The zero-order chi connectivity index (χ0) is 17.0. The topological polar surface area (TPSA) is 77.2 Å². The van der Waals surface area contributed by atoms with Crippen molar-refractivity contribution < 1.29 is 14.6 Å². The molecule has 0 saturated heterocycles. The van der Waals surface area contributed by atoms with Gasteiger partial charge in [0.15, 0.2) is 11.0 Å². The lowest BCUT2D eigenvalue weighted by atomic mass is 10.2. The molecular formula is C16H21N3O3S. The van der Waals surface area contributed by atoms with Crippen molar-refractivity contribution in [3.05, 3.63) is 35.7 Å². The largest absolute Gasteiger partial charge is 0.481 e. The lowest BCUT2D eigenvalue weighted by Crippen LogP contribution is -2.13. The second kappa shape index (κ2) is 7.61. The van der Waals surface area contributed by atoms with E-state index in [1.807, 2.05) is 56.5 Å². The second-order valence-corrected chi connectivity index (χ2v) is 6.47. The van der Waals surface area contributed by atoms with Crippen LogP contribution >= 0.6 is 11.8 Å². The van der Waals surface area contributed by atoms with Crippen LogP contribution in [0.2, 0.25) is 0 Å². The van der Waals surface area contributed by atoms with E-state index in [4.69, 9.17) is 9.84 Å². The summed E-state index contributed by atoms with van der Waals surface area (Å²) < 4.78 is 7.69. The van der Waals surface area contributed by atoms with Crippen LogP contribution in [-0.2, 0) is 9.53 Å². The van der Waals surface area contributed by atoms with Crippen LogP contribution in [0.3, 0.4) is 0 Å². The number of nitrogens with zero attached hydrogens (tertiary/aromatic N) is 3. The van der Waals surface area contributed by atoms with Gasteiger partial charge in [0.05, 0.1) is 11.9 Å². The van der Waals surface area contributed by atoms with E-state index in [0.29, 0.717) is 11.0 Å². The minimum atomic E-state index is -0.887. The Labute approximate surface area is 139 Å². The van der Waals surface area contributed by atoms with Gasteiger partial charge >= 0.3 is 5.97 Å². The Morgan fingerprint density at radius 1 is 1.35 bits per heavy atom. The normalized spacial score (nSPS) is 12.6. The van der Waals surface area contributed by atoms with E-state index in [1.165, 1.54) is 0 Å². The number of benzene rings is 1. The Kier molecular flexibility index (Phi) is 5.79. The number of thioether (sulfide) groups is 1. The van der Waals surface area contributed by atoms with Gasteiger partial charge in [0, 0.05) is 5.69 Å². The minimum absolute atomic E-state index is 0.0581. The quantitative estimate of drug-likeness (QED) is 0.783. The van der Waals surface area contributed by atoms with Gasteiger partial charge in [-0.3, -0.25) is 9.36 Å². The van der Waals surface area contributed by atoms with Gasteiger partial charge in [-0.05, 0) is 45.4 Å². The van der Waals surface area contributed by atoms with Crippen LogP contribution in [0.25, 0.3) is 5.69 Å². The van der Waals surface area contributed by atoms with Crippen molar-refractivity contribution in [2.24, 2.45) is 0 Å². The first-order chi connectivity index (χ1) is 10.9. The number of ether oxygens (including phenoxy) is 1. The molecule has 1 N–H and O–H groups in total. The first-order valence-electron chi connectivity index (χ1n) is 7.41. The van der Waals surface area contributed by atoms with Crippen molar-refractivity contribution in [3.63, 3.8) is 0 Å². The standard InChI is InChI=1S/C16H21N3O3S/c1-10(2)22-12(4)15-17-18-16(23-9-14(20)21)19(15)13-7-5-6-11(3)8-13/h5-8,10,12H,9H2,1-4H3,(H,20,21). The highest BCUT2D eigenvalue weighted by Gasteiger charge is 2.21. The molecule has 1 unspecified atom stereocenters. The molecule has 2 aromatic rings. The highest BCUT2D eigenvalue weighted by atomic mass is 32.2.